The van der Waals surface area contributed by atoms with Crippen molar-refractivity contribution in [2.24, 2.45) is 11.3 Å². The molecule has 4 aromatic rings. The molecule has 18 nitrogen and oxygen atoms in total. The maximum absolute atomic E-state index is 14.0. The molecule has 2 saturated heterocycles. The lowest BCUT2D eigenvalue weighted by Crippen LogP contribution is -2.56. The van der Waals surface area contributed by atoms with Crippen LogP contribution in [0.4, 0.5) is 5.82 Å². The SMILES string of the molecule is Cc1ncsc1-c1ccc(CNC(=O)[C@@H]2C[C@@H](O)CN2C(=O)[C@@H](CC(=O)COCCOCC(=O)NCCN2CC(Nc3cc(C(=O)CC[C@H](O)CN4CCc5ccccc5C4)ncn3)C2)C(C)(C)C)cc1. The van der Waals surface area contributed by atoms with Gasteiger partial charge in [0.05, 0.1) is 47.5 Å². The highest BCUT2D eigenvalue weighted by Crippen LogP contribution is 2.34. The van der Waals surface area contributed by atoms with E-state index in [2.05, 4.69) is 58.9 Å². The van der Waals surface area contributed by atoms with Crippen molar-refractivity contribution in [2.75, 3.05) is 77.6 Å². The quantitative estimate of drug-likeness (QED) is 0.0474. The third kappa shape index (κ3) is 15.5. The molecule has 4 atom stereocenters. The molecule has 2 fully saturated rings. The molecule has 2 aromatic heterocycles. The monoisotopic (exact) mass is 995 g/mol. The van der Waals surface area contributed by atoms with E-state index < -0.39 is 29.6 Å². The van der Waals surface area contributed by atoms with Gasteiger partial charge < -0.3 is 40.5 Å². The molecular formula is C52H69N9O9S. The zero-order valence-corrected chi connectivity index (χ0v) is 42.1. The van der Waals surface area contributed by atoms with Crippen LogP contribution in [0.5, 0.6) is 0 Å². The van der Waals surface area contributed by atoms with Crippen molar-refractivity contribution in [3.8, 4) is 10.4 Å². The van der Waals surface area contributed by atoms with E-state index in [0.29, 0.717) is 37.6 Å². The van der Waals surface area contributed by atoms with Crippen LogP contribution in [0.3, 0.4) is 0 Å². The Hall–Kier alpha value is -5.54. The van der Waals surface area contributed by atoms with Crippen molar-refractivity contribution >= 4 is 46.4 Å². The highest BCUT2D eigenvalue weighted by molar-refractivity contribution is 7.13. The van der Waals surface area contributed by atoms with Gasteiger partial charge >= 0.3 is 0 Å². The van der Waals surface area contributed by atoms with Crippen LogP contribution in [0.15, 0.2) is 66.4 Å². The summed E-state index contributed by atoms with van der Waals surface area (Å²) in [5.41, 5.74) is 7.05. The Morgan fingerprint density at radius 1 is 0.915 bits per heavy atom. The zero-order chi connectivity index (χ0) is 50.5. The number of Topliss-reactive ketones (excluding diaryl/α,β-unsaturated/α-hetero) is 2. The summed E-state index contributed by atoms with van der Waals surface area (Å²) in [5, 5.41) is 30.4. The molecule has 7 rings (SSSR count). The van der Waals surface area contributed by atoms with Gasteiger partial charge in [-0.25, -0.2) is 15.0 Å². The summed E-state index contributed by atoms with van der Waals surface area (Å²) in [7, 11) is 0. The number of ketones is 2. The maximum Gasteiger partial charge on any atom is 0.246 e. The van der Waals surface area contributed by atoms with E-state index in [0.717, 1.165) is 54.3 Å². The minimum Gasteiger partial charge on any atom is -0.392 e. The van der Waals surface area contributed by atoms with Gasteiger partial charge in [0.2, 0.25) is 17.7 Å². The van der Waals surface area contributed by atoms with Crippen LogP contribution in [0.1, 0.15) is 79.3 Å². The number of rotatable bonds is 25. The second-order valence-corrected chi connectivity index (χ2v) is 20.8. The number of hydrogen-bond acceptors (Lipinski definition) is 16. The lowest BCUT2D eigenvalue weighted by Gasteiger charge is -2.39. The van der Waals surface area contributed by atoms with Gasteiger partial charge in [-0.2, -0.15) is 0 Å². The van der Waals surface area contributed by atoms with Crippen LogP contribution < -0.4 is 16.0 Å². The molecule has 0 radical (unpaired) electrons. The molecule has 382 valence electrons. The number of aromatic nitrogens is 3. The first kappa shape index (κ1) is 53.3. The molecule has 5 N–H and O–H groups in total. The summed E-state index contributed by atoms with van der Waals surface area (Å²) in [6.07, 6.45) is 1.42. The first-order chi connectivity index (χ1) is 34.1. The molecule has 3 aliphatic heterocycles. The Morgan fingerprint density at radius 2 is 1.66 bits per heavy atom. The lowest BCUT2D eigenvalue weighted by molar-refractivity contribution is -0.147. The van der Waals surface area contributed by atoms with Gasteiger partial charge in [-0.05, 0) is 47.4 Å². The molecule has 19 heteroatoms. The number of β-amino-alcohol motifs (C(OH)–C–C–N with tert-alkyl or cyclic N) is 2. The number of aliphatic hydroxyl groups is 2. The molecular weight excluding hydrogens is 927 g/mol. The summed E-state index contributed by atoms with van der Waals surface area (Å²) in [6, 6.07) is 17.1. The Balaban J connectivity index is 0.725. The first-order valence-corrected chi connectivity index (χ1v) is 25.5. The van der Waals surface area contributed by atoms with Crippen molar-refractivity contribution in [3.05, 3.63) is 94.5 Å². The molecule has 2 aromatic carbocycles. The fraction of sp³-hybridized carbons (Fsp3) is 0.538. The second-order valence-electron chi connectivity index (χ2n) is 20.0. The normalized spacial score (nSPS) is 18.3. The first-order valence-electron chi connectivity index (χ1n) is 24.6. The van der Waals surface area contributed by atoms with Gasteiger partial charge in [0.1, 0.15) is 37.1 Å². The fourth-order valence-electron chi connectivity index (χ4n) is 9.26. The molecule has 3 aliphatic rings. The van der Waals surface area contributed by atoms with Gasteiger partial charge in [-0.3, -0.25) is 33.8 Å². The molecule has 0 saturated carbocycles. The van der Waals surface area contributed by atoms with Crippen LogP contribution >= 0.6 is 11.3 Å². The van der Waals surface area contributed by atoms with Crippen LogP contribution in [0.2, 0.25) is 0 Å². The molecule has 0 unspecified atom stereocenters. The number of nitrogens with one attached hydrogen (secondary N) is 3. The molecule has 0 spiro atoms. The number of nitrogens with zero attached hydrogens (tertiary/aromatic N) is 6. The molecule has 0 aliphatic carbocycles. The van der Waals surface area contributed by atoms with Gasteiger partial charge in [-0.15, -0.1) is 11.3 Å². The molecule has 3 amide bonds. The highest BCUT2D eigenvalue weighted by Gasteiger charge is 2.44. The Bertz CT molecular complexity index is 2440. The Morgan fingerprint density at radius 3 is 2.39 bits per heavy atom. The fourth-order valence-corrected chi connectivity index (χ4v) is 10.1. The Labute approximate surface area is 419 Å². The summed E-state index contributed by atoms with van der Waals surface area (Å²) in [5.74, 6) is -1.61. The van der Waals surface area contributed by atoms with Gasteiger partial charge in [0.25, 0.3) is 0 Å². The summed E-state index contributed by atoms with van der Waals surface area (Å²) >= 11 is 1.57. The summed E-state index contributed by atoms with van der Waals surface area (Å²) in [6.45, 7) is 12.3. The van der Waals surface area contributed by atoms with E-state index in [-0.39, 0.29) is 94.1 Å². The third-order valence-electron chi connectivity index (χ3n) is 13.3. The summed E-state index contributed by atoms with van der Waals surface area (Å²) < 4.78 is 11.0. The average Bonchev–Trinajstić information content (AvgIpc) is 3.96. The van der Waals surface area contributed by atoms with Crippen molar-refractivity contribution in [3.63, 3.8) is 0 Å². The zero-order valence-electron chi connectivity index (χ0n) is 41.3. The van der Waals surface area contributed by atoms with Crippen LogP contribution in [-0.4, -0.2) is 166 Å². The number of thiazole rings is 1. The summed E-state index contributed by atoms with van der Waals surface area (Å²) in [4.78, 5) is 85.6. The third-order valence-corrected chi connectivity index (χ3v) is 14.3. The van der Waals surface area contributed by atoms with E-state index in [1.807, 2.05) is 63.5 Å². The van der Waals surface area contributed by atoms with Crippen molar-refractivity contribution in [1.82, 2.24) is 40.3 Å². The molecule has 71 heavy (non-hydrogen) atoms. The van der Waals surface area contributed by atoms with Crippen LogP contribution in [0, 0.1) is 18.3 Å². The minimum absolute atomic E-state index is 0.000253. The van der Waals surface area contributed by atoms with E-state index >= 15 is 0 Å². The van der Waals surface area contributed by atoms with E-state index in [9.17, 15) is 34.2 Å². The lowest BCUT2D eigenvalue weighted by atomic mass is 9.77. The highest BCUT2D eigenvalue weighted by atomic mass is 32.1. The van der Waals surface area contributed by atoms with Crippen molar-refractivity contribution in [1.29, 1.82) is 0 Å². The van der Waals surface area contributed by atoms with Gasteiger partial charge in [0.15, 0.2) is 11.6 Å². The number of aryl methyl sites for hydroxylation is 1. The number of carbonyl (C=O) groups is 5. The number of benzene rings is 2. The average molecular weight is 996 g/mol. The number of anilines is 1. The van der Waals surface area contributed by atoms with E-state index in [1.165, 1.54) is 22.4 Å². The predicted molar refractivity (Wildman–Crippen MR) is 268 cm³/mol. The van der Waals surface area contributed by atoms with E-state index in [4.69, 9.17) is 9.47 Å². The van der Waals surface area contributed by atoms with Crippen LogP contribution in [0.25, 0.3) is 10.4 Å². The van der Waals surface area contributed by atoms with Crippen molar-refractivity contribution < 1.29 is 43.7 Å². The largest absolute Gasteiger partial charge is 0.392 e. The Kier molecular flexibility index (Phi) is 18.9. The van der Waals surface area contributed by atoms with E-state index in [1.54, 1.807) is 17.4 Å². The second kappa shape index (κ2) is 25.2. The number of ether oxygens (including phenoxy) is 2. The standard InChI is InChI=1S/C52H69N9O9S/c1-34-49(71-33-57-34)37-11-9-35(10-12-37)24-54-50(67)45-22-41(63)29-61(45)51(68)43(52(2,3)4)21-42(64)30-69-19-20-70-31-48(66)53-16-18-60-26-39(27-60)58-47-23-44(55-32-56-47)46(65)14-13-40(62)28-59-17-15-36-7-5-6-8-38(36)25-59/h5-12,23,32-33,39-41,43,45,62-63H,13-22,24-31H2,1-4H3,(H,53,66)(H,54,67)(H,55,56,58)/t40-,41+,43+,45-/m0/s1. The number of hydrogen-bond donors (Lipinski definition) is 5. The topological polar surface area (TPSA) is 229 Å². The minimum atomic E-state index is -0.869. The molecule has 0 bridgehead atoms. The predicted octanol–water partition coefficient (Wildman–Crippen LogP) is 3.44. The number of likely N-dealkylation sites (tertiary alicyclic amines) is 2. The molecule has 5 heterocycles. The van der Waals surface area contributed by atoms with Gasteiger partial charge in [-0.1, -0.05) is 69.3 Å². The maximum atomic E-state index is 14.0. The number of amides is 3. The number of fused-ring (bicyclic) bond motifs is 1. The van der Waals surface area contributed by atoms with Crippen LogP contribution in [-0.2, 0) is 48.2 Å². The number of carbonyl (C=O) groups excluding carboxylic acids is 5. The van der Waals surface area contributed by atoms with Gasteiger partial charge in [0, 0.05) is 90.1 Å². The smallest absolute Gasteiger partial charge is 0.246 e. The van der Waals surface area contributed by atoms with Crippen molar-refractivity contribution in [2.45, 2.75) is 97.2 Å². The number of aliphatic hydroxyl groups excluding tert-OH is 2.